The molecule has 2 rings (SSSR count). The van der Waals surface area contributed by atoms with Crippen LogP contribution in [-0.4, -0.2) is 23.2 Å². The number of aliphatic hydroxyl groups excluding tert-OH is 1. The van der Waals surface area contributed by atoms with Crippen LogP contribution in [0.25, 0.3) is 0 Å². The third-order valence-corrected chi connectivity index (χ3v) is 3.74. The highest BCUT2D eigenvalue weighted by Gasteiger charge is 2.18. The summed E-state index contributed by atoms with van der Waals surface area (Å²) in [6, 6.07) is 4.61. The first-order valence-corrected chi connectivity index (χ1v) is 6.55. The summed E-state index contributed by atoms with van der Waals surface area (Å²) in [6.07, 6.45) is 7.93. The lowest BCUT2D eigenvalue weighted by molar-refractivity contribution is 0.199. The van der Waals surface area contributed by atoms with E-state index in [-0.39, 0.29) is 0 Å². The number of pyridine rings is 1. The van der Waals surface area contributed by atoms with Gasteiger partial charge in [0.25, 0.3) is 0 Å². The van der Waals surface area contributed by atoms with Crippen LogP contribution in [0.3, 0.4) is 0 Å². The van der Waals surface area contributed by atoms with Crippen molar-refractivity contribution in [1.29, 1.82) is 0 Å². The van der Waals surface area contributed by atoms with Gasteiger partial charge in [-0.3, -0.25) is 0 Å². The number of hydrogen-bond donors (Lipinski definition) is 1. The van der Waals surface area contributed by atoms with E-state index in [1.165, 1.54) is 32.1 Å². The molecule has 1 aliphatic rings. The average Bonchev–Trinajstić information content (AvgIpc) is 2.39. The molecule has 0 spiro atoms. The van der Waals surface area contributed by atoms with Crippen LogP contribution in [0.4, 0.5) is 5.82 Å². The van der Waals surface area contributed by atoms with Crippen molar-refractivity contribution in [2.24, 2.45) is 0 Å². The molecule has 1 N–H and O–H groups in total. The third-order valence-electron chi connectivity index (χ3n) is 3.74. The van der Waals surface area contributed by atoms with Crippen LogP contribution in [0.5, 0.6) is 0 Å². The van der Waals surface area contributed by atoms with Gasteiger partial charge < -0.3 is 10.0 Å². The Hall–Kier alpha value is -1.09. The third kappa shape index (κ3) is 2.97. The fraction of sp³-hybridized carbons (Fsp3) is 0.643. The van der Waals surface area contributed by atoms with Crippen molar-refractivity contribution < 1.29 is 5.11 Å². The zero-order valence-corrected chi connectivity index (χ0v) is 10.8. The van der Waals surface area contributed by atoms with Crippen molar-refractivity contribution in [3.63, 3.8) is 0 Å². The predicted molar refractivity (Wildman–Crippen MR) is 70.1 cm³/mol. The van der Waals surface area contributed by atoms with Crippen LogP contribution < -0.4 is 4.90 Å². The van der Waals surface area contributed by atoms with Gasteiger partial charge in [-0.05, 0) is 31.4 Å². The zero-order valence-electron chi connectivity index (χ0n) is 10.8. The van der Waals surface area contributed by atoms with Crippen molar-refractivity contribution >= 4 is 5.82 Å². The lowest BCUT2D eigenvalue weighted by Crippen LogP contribution is -2.33. The largest absolute Gasteiger partial charge is 0.389 e. The van der Waals surface area contributed by atoms with Gasteiger partial charge >= 0.3 is 0 Å². The van der Waals surface area contributed by atoms with E-state index in [2.05, 4.69) is 16.9 Å². The molecule has 3 heteroatoms. The van der Waals surface area contributed by atoms with Gasteiger partial charge in [0.05, 0.1) is 6.10 Å². The number of hydrogen-bond acceptors (Lipinski definition) is 3. The average molecular weight is 234 g/mol. The predicted octanol–water partition coefficient (Wildman–Crippen LogP) is 2.90. The molecule has 1 aromatic heterocycles. The van der Waals surface area contributed by atoms with Crippen LogP contribution in [0.15, 0.2) is 18.3 Å². The normalized spacial score (nSPS) is 19.0. The SMILES string of the molecule is C[C@@H](O)c1ccc(N(C)C2CCCCC2)nc1. The van der Waals surface area contributed by atoms with E-state index in [0.717, 1.165) is 11.4 Å². The maximum atomic E-state index is 9.45. The summed E-state index contributed by atoms with van der Waals surface area (Å²) in [7, 11) is 2.13. The molecule has 1 aromatic rings. The second-order valence-corrected chi connectivity index (χ2v) is 5.03. The molecule has 1 fully saturated rings. The van der Waals surface area contributed by atoms with Crippen molar-refractivity contribution in [2.45, 2.75) is 51.2 Å². The quantitative estimate of drug-likeness (QED) is 0.873. The molecule has 0 aromatic carbocycles. The molecule has 1 aliphatic carbocycles. The van der Waals surface area contributed by atoms with Gasteiger partial charge in [0.15, 0.2) is 0 Å². The van der Waals surface area contributed by atoms with Crippen molar-refractivity contribution in [3.8, 4) is 0 Å². The highest BCUT2D eigenvalue weighted by Crippen LogP contribution is 2.25. The van der Waals surface area contributed by atoms with E-state index in [0.29, 0.717) is 6.04 Å². The molecule has 0 amide bonds. The van der Waals surface area contributed by atoms with E-state index in [9.17, 15) is 5.11 Å². The number of aliphatic hydroxyl groups is 1. The Morgan fingerprint density at radius 1 is 1.29 bits per heavy atom. The van der Waals surface area contributed by atoms with Gasteiger partial charge in [-0.25, -0.2) is 4.98 Å². The Labute approximate surface area is 103 Å². The van der Waals surface area contributed by atoms with Crippen LogP contribution >= 0.6 is 0 Å². The lowest BCUT2D eigenvalue weighted by atomic mass is 9.94. The van der Waals surface area contributed by atoms with Gasteiger partial charge in [0.1, 0.15) is 5.82 Å². The van der Waals surface area contributed by atoms with Gasteiger partial charge in [-0.15, -0.1) is 0 Å². The second-order valence-electron chi connectivity index (χ2n) is 5.03. The van der Waals surface area contributed by atoms with Crippen molar-refractivity contribution in [2.75, 3.05) is 11.9 Å². The topological polar surface area (TPSA) is 36.4 Å². The Kier molecular flexibility index (Phi) is 4.00. The van der Waals surface area contributed by atoms with Gasteiger partial charge in [-0.1, -0.05) is 25.3 Å². The summed E-state index contributed by atoms with van der Waals surface area (Å²) >= 11 is 0. The zero-order chi connectivity index (χ0) is 12.3. The summed E-state index contributed by atoms with van der Waals surface area (Å²) in [5, 5.41) is 9.45. The van der Waals surface area contributed by atoms with Gasteiger partial charge in [-0.2, -0.15) is 0 Å². The van der Waals surface area contributed by atoms with E-state index >= 15 is 0 Å². The van der Waals surface area contributed by atoms with Crippen LogP contribution in [-0.2, 0) is 0 Å². The highest BCUT2D eigenvalue weighted by atomic mass is 16.3. The monoisotopic (exact) mass is 234 g/mol. The molecular formula is C14H22N2O. The van der Waals surface area contributed by atoms with Gasteiger partial charge in [0.2, 0.25) is 0 Å². The Morgan fingerprint density at radius 3 is 2.53 bits per heavy atom. The number of anilines is 1. The molecule has 94 valence electrons. The summed E-state index contributed by atoms with van der Waals surface area (Å²) < 4.78 is 0. The highest BCUT2D eigenvalue weighted by molar-refractivity contribution is 5.40. The van der Waals surface area contributed by atoms with Crippen molar-refractivity contribution in [3.05, 3.63) is 23.9 Å². The van der Waals surface area contributed by atoms with E-state index in [1.54, 1.807) is 13.1 Å². The maximum absolute atomic E-state index is 9.45. The molecule has 0 unspecified atom stereocenters. The molecular weight excluding hydrogens is 212 g/mol. The van der Waals surface area contributed by atoms with Gasteiger partial charge in [0, 0.05) is 19.3 Å². The second kappa shape index (κ2) is 5.50. The van der Waals surface area contributed by atoms with Crippen LogP contribution in [0, 0.1) is 0 Å². The van der Waals surface area contributed by atoms with Crippen molar-refractivity contribution in [1.82, 2.24) is 4.98 Å². The lowest BCUT2D eigenvalue weighted by Gasteiger charge is -2.32. The van der Waals surface area contributed by atoms with Crippen LogP contribution in [0.2, 0.25) is 0 Å². The molecule has 1 saturated carbocycles. The minimum atomic E-state index is -0.434. The van der Waals surface area contributed by atoms with E-state index < -0.39 is 6.10 Å². The first-order chi connectivity index (χ1) is 8.18. The minimum absolute atomic E-state index is 0.434. The smallest absolute Gasteiger partial charge is 0.128 e. The Morgan fingerprint density at radius 2 is 2.00 bits per heavy atom. The molecule has 3 nitrogen and oxygen atoms in total. The molecule has 17 heavy (non-hydrogen) atoms. The molecule has 0 radical (unpaired) electrons. The van der Waals surface area contributed by atoms with Crippen LogP contribution in [0.1, 0.15) is 50.7 Å². The molecule has 0 saturated heterocycles. The fourth-order valence-electron chi connectivity index (χ4n) is 2.51. The fourth-order valence-corrected chi connectivity index (χ4v) is 2.51. The first-order valence-electron chi connectivity index (χ1n) is 6.55. The molecule has 1 heterocycles. The van der Waals surface area contributed by atoms with E-state index in [4.69, 9.17) is 0 Å². The Bertz CT molecular complexity index is 342. The summed E-state index contributed by atoms with van der Waals surface area (Å²) in [5.41, 5.74) is 0.880. The summed E-state index contributed by atoms with van der Waals surface area (Å²) in [4.78, 5) is 6.72. The van der Waals surface area contributed by atoms with E-state index in [1.807, 2.05) is 12.1 Å². The molecule has 0 bridgehead atoms. The molecule has 1 atom stereocenters. The number of rotatable bonds is 3. The molecule has 0 aliphatic heterocycles. The first kappa shape index (κ1) is 12.4. The standard InChI is InChI=1S/C14H22N2O/c1-11(17)12-8-9-14(15-10-12)16(2)13-6-4-3-5-7-13/h8-11,13,17H,3-7H2,1-2H3/t11-/m1/s1. The minimum Gasteiger partial charge on any atom is -0.389 e. The number of aromatic nitrogens is 1. The summed E-state index contributed by atoms with van der Waals surface area (Å²) in [6.45, 7) is 1.77. The summed E-state index contributed by atoms with van der Waals surface area (Å²) in [5.74, 6) is 1.02. The maximum Gasteiger partial charge on any atom is 0.128 e. The number of nitrogens with zero attached hydrogens (tertiary/aromatic N) is 2. The Balaban J connectivity index is 2.05.